The number of amides is 1. The molecule has 1 amide bonds. The lowest BCUT2D eigenvalue weighted by Crippen LogP contribution is -2.34. The number of nitrogens with two attached hydrogens (primary N) is 1. The van der Waals surface area contributed by atoms with Gasteiger partial charge in [-0.25, -0.2) is 4.31 Å². The van der Waals surface area contributed by atoms with Gasteiger partial charge in [0, 0.05) is 36.3 Å². The van der Waals surface area contributed by atoms with Gasteiger partial charge in [-0.15, -0.1) is 0 Å². The fraction of sp³-hybridized carbons (Fsp3) is 0.458. The maximum Gasteiger partial charge on any atom is 0.228 e. The summed E-state index contributed by atoms with van der Waals surface area (Å²) in [7, 11) is 2.00. The number of nitrogens with zero attached hydrogens (tertiary/aromatic N) is 4. The lowest BCUT2D eigenvalue weighted by atomic mass is 10.2. The van der Waals surface area contributed by atoms with Gasteiger partial charge >= 0.3 is 0 Å². The fourth-order valence-corrected chi connectivity index (χ4v) is 3.41. The summed E-state index contributed by atoms with van der Waals surface area (Å²) >= 11 is 1.65. The summed E-state index contributed by atoms with van der Waals surface area (Å²) in [6.07, 6.45) is 9.56. The zero-order valence-corrected chi connectivity index (χ0v) is 21.2. The van der Waals surface area contributed by atoms with Gasteiger partial charge in [0.1, 0.15) is 0 Å². The zero-order chi connectivity index (χ0) is 23.8. The second-order valence-electron chi connectivity index (χ2n) is 6.49. The first-order valence-electron chi connectivity index (χ1n) is 10.7. The third-order valence-corrected chi connectivity index (χ3v) is 5.52. The minimum Gasteiger partial charge on any atom is -0.401 e. The van der Waals surface area contributed by atoms with Crippen LogP contribution in [0.3, 0.4) is 0 Å². The molecule has 0 fully saturated rings. The molecular weight excluding hydrogens is 406 g/mol. The first kappa shape index (κ1) is 28.6. The molecule has 6 nitrogen and oxygen atoms in total. The van der Waals surface area contributed by atoms with Crippen LogP contribution < -0.4 is 5.73 Å². The van der Waals surface area contributed by atoms with Crippen LogP contribution >= 0.6 is 11.9 Å². The Morgan fingerprint density at radius 2 is 1.94 bits per heavy atom. The number of hydrogen-bond acceptors (Lipinski definition) is 6. The van der Waals surface area contributed by atoms with Crippen molar-refractivity contribution >= 4 is 29.8 Å². The molecule has 2 N–H and O–H groups in total. The highest BCUT2D eigenvalue weighted by Crippen LogP contribution is 2.26. The number of carbonyl (C=O) groups excluding carboxylic acids is 1. The number of hydrogen-bond donors (Lipinski definition) is 1. The van der Waals surface area contributed by atoms with Gasteiger partial charge in [-0.3, -0.25) is 14.8 Å². The average Bonchev–Trinajstić information content (AvgIpc) is 2.79. The highest BCUT2D eigenvalue weighted by molar-refractivity contribution is 8.01. The number of aliphatic imine (C=N–C) groups is 1. The van der Waals surface area contributed by atoms with Crippen LogP contribution in [0.1, 0.15) is 54.9 Å². The Bertz CT molecular complexity index is 780. The van der Waals surface area contributed by atoms with Gasteiger partial charge in [-0.2, -0.15) is 0 Å². The molecular formula is C24H39N5OS. The summed E-state index contributed by atoms with van der Waals surface area (Å²) in [5.74, 6) is 0.0159. The SMILES string of the molecule is C/C=C(C)\C(=C/C)SN(C)CCC(=O)N(CC)/C(C=Nc1cccnc1)=C(\C)N.CC. The number of rotatable bonds is 10. The Kier molecular flexibility index (Phi) is 15.1. The van der Waals surface area contributed by atoms with Crippen molar-refractivity contribution in [2.45, 2.75) is 54.9 Å². The third kappa shape index (κ3) is 10.5. The van der Waals surface area contributed by atoms with E-state index in [0.29, 0.717) is 36.6 Å². The topological polar surface area (TPSA) is 74.8 Å². The van der Waals surface area contributed by atoms with E-state index in [2.05, 4.69) is 33.4 Å². The van der Waals surface area contributed by atoms with Crippen LogP contribution in [0.25, 0.3) is 0 Å². The Labute approximate surface area is 193 Å². The molecule has 7 heteroatoms. The van der Waals surface area contributed by atoms with Gasteiger partial charge in [0.2, 0.25) is 5.91 Å². The van der Waals surface area contributed by atoms with Crippen LogP contribution in [0.5, 0.6) is 0 Å². The molecule has 31 heavy (non-hydrogen) atoms. The molecule has 1 heterocycles. The predicted molar refractivity (Wildman–Crippen MR) is 136 cm³/mol. The highest BCUT2D eigenvalue weighted by Gasteiger charge is 2.18. The molecule has 0 bridgehead atoms. The molecule has 0 aliphatic rings. The van der Waals surface area contributed by atoms with E-state index in [4.69, 9.17) is 5.73 Å². The molecule has 0 saturated heterocycles. The Morgan fingerprint density at radius 1 is 1.26 bits per heavy atom. The van der Waals surface area contributed by atoms with E-state index in [1.165, 1.54) is 10.5 Å². The highest BCUT2D eigenvalue weighted by atomic mass is 32.2. The van der Waals surface area contributed by atoms with Crippen molar-refractivity contribution in [1.29, 1.82) is 0 Å². The van der Waals surface area contributed by atoms with E-state index < -0.39 is 0 Å². The summed E-state index contributed by atoms with van der Waals surface area (Å²) in [6.45, 7) is 15.0. The maximum atomic E-state index is 12.9. The molecule has 0 saturated carbocycles. The summed E-state index contributed by atoms with van der Waals surface area (Å²) in [6, 6.07) is 3.67. The van der Waals surface area contributed by atoms with Crippen LogP contribution in [0, 0.1) is 0 Å². The van der Waals surface area contributed by atoms with Crippen LogP contribution in [-0.4, -0.2) is 46.4 Å². The third-order valence-electron chi connectivity index (χ3n) is 4.27. The molecule has 0 spiro atoms. The van der Waals surface area contributed by atoms with E-state index in [-0.39, 0.29) is 5.91 Å². The van der Waals surface area contributed by atoms with Crippen molar-refractivity contribution in [2.75, 3.05) is 20.1 Å². The van der Waals surface area contributed by atoms with Crippen molar-refractivity contribution in [1.82, 2.24) is 14.2 Å². The van der Waals surface area contributed by atoms with Crippen LogP contribution in [-0.2, 0) is 4.79 Å². The van der Waals surface area contributed by atoms with Crippen molar-refractivity contribution in [3.63, 3.8) is 0 Å². The summed E-state index contributed by atoms with van der Waals surface area (Å²) in [5, 5.41) is 0. The Hall–Kier alpha value is -2.38. The zero-order valence-electron chi connectivity index (χ0n) is 20.3. The molecule has 0 aromatic carbocycles. The quantitative estimate of drug-likeness (QED) is 0.284. The first-order valence-corrected chi connectivity index (χ1v) is 11.5. The molecule has 0 atom stereocenters. The van der Waals surface area contributed by atoms with Crippen LogP contribution in [0.2, 0.25) is 0 Å². The van der Waals surface area contributed by atoms with Crippen molar-refractivity contribution in [2.24, 2.45) is 10.7 Å². The van der Waals surface area contributed by atoms with Crippen LogP contribution in [0.4, 0.5) is 5.69 Å². The molecule has 0 aliphatic heterocycles. The Morgan fingerprint density at radius 3 is 2.42 bits per heavy atom. The lowest BCUT2D eigenvalue weighted by Gasteiger charge is -2.24. The number of allylic oxidation sites excluding steroid dienone is 5. The predicted octanol–water partition coefficient (Wildman–Crippen LogP) is 5.69. The number of carbonyl (C=O) groups is 1. The van der Waals surface area contributed by atoms with E-state index >= 15 is 0 Å². The molecule has 1 rings (SSSR count). The van der Waals surface area contributed by atoms with Crippen LogP contribution in [0.15, 0.2) is 63.5 Å². The summed E-state index contributed by atoms with van der Waals surface area (Å²) < 4.78 is 2.08. The normalized spacial score (nSPS) is 13.1. The summed E-state index contributed by atoms with van der Waals surface area (Å²) in [5.41, 5.74) is 9.16. The number of pyridine rings is 1. The molecule has 1 aromatic heterocycles. The molecule has 0 aliphatic carbocycles. The Balaban J connectivity index is 0.00000436. The van der Waals surface area contributed by atoms with Crippen molar-refractivity contribution < 1.29 is 4.79 Å². The first-order chi connectivity index (χ1) is 14.8. The van der Waals surface area contributed by atoms with E-state index in [1.54, 1.807) is 42.4 Å². The second-order valence-corrected chi connectivity index (χ2v) is 7.74. The van der Waals surface area contributed by atoms with Gasteiger partial charge < -0.3 is 10.6 Å². The molecule has 0 radical (unpaired) electrons. The van der Waals surface area contributed by atoms with E-state index in [0.717, 1.165) is 0 Å². The van der Waals surface area contributed by atoms with E-state index in [9.17, 15) is 4.79 Å². The van der Waals surface area contributed by atoms with Gasteiger partial charge in [0.15, 0.2) is 0 Å². The van der Waals surface area contributed by atoms with Gasteiger partial charge in [-0.1, -0.05) is 26.0 Å². The average molecular weight is 446 g/mol. The second kappa shape index (κ2) is 16.3. The molecule has 0 unspecified atom stereocenters. The number of aromatic nitrogens is 1. The maximum absolute atomic E-state index is 12.9. The van der Waals surface area contributed by atoms with Gasteiger partial charge in [0.25, 0.3) is 0 Å². The van der Waals surface area contributed by atoms with Gasteiger partial charge in [0.05, 0.1) is 23.8 Å². The lowest BCUT2D eigenvalue weighted by molar-refractivity contribution is -0.128. The largest absolute Gasteiger partial charge is 0.401 e. The van der Waals surface area contributed by atoms with Crippen molar-refractivity contribution in [3.05, 3.63) is 58.6 Å². The molecule has 1 aromatic rings. The molecule has 172 valence electrons. The standard InChI is InChI=1S/C22H33N5OS.C2H6/c1-7-17(4)21(8-2)29-26(6)14-12-22(28)27(9-3)20(18(5)23)16-25-19-11-10-13-24-15-19;1-2/h7-8,10-11,13,15-16H,9,12,14,23H2,1-6H3;1-2H3/b17-7-,20-18+,21-8+,25-16?;. The summed E-state index contributed by atoms with van der Waals surface area (Å²) in [4.78, 5) is 24.2. The minimum atomic E-state index is 0.0159. The fourth-order valence-electron chi connectivity index (χ4n) is 2.53. The monoisotopic (exact) mass is 445 g/mol. The van der Waals surface area contributed by atoms with E-state index in [1.807, 2.05) is 53.8 Å². The van der Waals surface area contributed by atoms with Crippen molar-refractivity contribution in [3.8, 4) is 0 Å². The van der Waals surface area contributed by atoms with Gasteiger partial charge in [-0.05, 0) is 71.3 Å². The minimum absolute atomic E-state index is 0.0159. The smallest absolute Gasteiger partial charge is 0.228 e.